The summed E-state index contributed by atoms with van der Waals surface area (Å²) in [5, 5.41) is 0. The molecule has 0 spiro atoms. The standard InChI is InChI=1S/C18H13N3O3/c22-17-19(10-6-2-1-3-7-10)18(23)21-16-13-11-8-4-5-9-12(11)15(24-16)14(13)20(17)21/h1-9,13-16H/t13-,14-,15-,16-/m1/s1. The number of rotatable bonds is 1. The Hall–Kier alpha value is -2.86. The Labute approximate surface area is 136 Å². The van der Waals surface area contributed by atoms with Gasteiger partial charge in [-0.3, -0.25) is 0 Å². The summed E-state index contributed by atoms with van der Waals surface area (Å²) in [6.45, 7) is 0. The molecular formula is C18H13N3O3. The molecule has 0 N–H and O–H groups in total. The van der Waals surface area contributed by atoms with Crippen LogP contribution in [0.15, 0.2) is 64.2 Å². The third kappa shape index (κ3) is 1.21. The maximum Gasteiger partial charge on any atom is 0.354 e. The summed E-state index contributed by atoms with van der Waals surface area (Å²) >= 11 is 0. The lowest BCUT2D eigenvalue weighted by Crippen LogP contribution is -2.32. The predicted octanol–water partition coefficient (Wildman–Crippen LogP) is 1.72. The van der Waals surface area contributed by atoms with Gasteiger partial charge in [0.2, 0.25) is 0 Å². The molecule has 2 aliphatic heterocycles. The fraction of sp³-hybridized carbons (Fsp3) is 0.222. The van der Waals surface area contributed by atoms with Crippen LogP contribution in [0.2, 0.25) is 0 Å². The minimum Gasteiger partial charge on any atom is -0.345 e. The van der Waals surface area contributed by atoms with Crippen LogP contribution in [-0.2, 0) is 4.74 Å². The first-order chi connectivity index (χ1) is 11.8. The molecule has 0 unspecified atom stereocenters. The second-order valence-corrected chi connectivity index (χ2v) is 6.52. The first-order valence-electron chi connectivity index (χ1n) is 8.03. The molecule has 3 aromatic rings. The predicted molar refractivity (Wildman–Crippen MR) is 85.4 cm³/mol. The topological polar surface area (TPSA) is 58.2 Å². The molecule has 2 aromatic carbocycles. The molecule has 1 saturated heterocycles. The van der Waals surface area contributed by atoms with Gasteiger partial charge in [0.15, 0.2) is 6.23 Å². The Morgan fingerprint density at radius 2 is 1.46 bits per heavy atom. The molecule has 0 amide bonds. The van der Waals surface area contributed by atoms with Crippen LogP contribution in [0.25, 0.3) is 5.69 Å². The molecule has 0 radical (unpaired) electrons. The highest BCUT2D eigenvalue weighted by Gasteiger charge is 2.61. The summed E-state index contributed by atoms with van der Waals surface area (Å²) in [7, 11) is 0. The van der Waals surface area contributed by atoms with E-state index in [0.29, 0.717) is 5.69 Å². The lowest BCUT2D eigenvalue weighted by atomic mass is 9.98. The van der Waals surface area contributed by atoms with Gasteiger partial charge in [0.05, 0.1) is 17.6 Å². The fourth-order valence-electron chi connectivity index (χ4n) is 4.60. The van der Waals surface area contributed by atoms with Gasteiger partial charge in [0, 0.05) is 0 Å². The fourth-order valence-corrected chi connectivity index (χ4v) is 4.60. The highest BCUT2D eigenvalue weighted by atomic mass is 16.5. The van der Waals surface area contributed by atoms with E-state index in [4.69, 9.17) is 4.74 Å². The molecule has 4 bridgehead atoms. The summed E-state index contributed by atoms with van der Waals surface area (Å²) in [6.07, 6.45) is -0.528. The molecule has 4 atom stereocenters. The maximum atomic E-state index is 13.0. The molecule has 6 rings (SSSR count). The van der Waals surface area contributed by atoms with Crippen LogP contribution in [0, 0.1) is 0 Å². The molecule has 0 saturated carbocycles. The average molecular weight is 319 g/mol. The molecule has 3 aliphatic rings. The Balaban J connectivity index is 1.61. The van der Waals surface area contributed by atoms with Crippen LogP contribution in [0.3, 0.4) is 0 Å². The van der Waals surface area contributed by atoms with Gasteiger partial charge in [-0.2, -0.15) is 0 Å². The molecule has 118 valence electrons. The number of fused-ring (bicyclic) bond motifs is 4. The molecular weight excluding hydrogens is 306 g/mol. The summed E-state index contributed by atoms with van der Waals surface area (Å²) < 4.78 is 10.4. The van der Waals surface area contributed by atoms with Crippen LogP contribution in [-0.4, -0.2) is 13.9 Å². The number of para-hydroxylation sites is 1. The smallest absolute Gasteiger partial charge is 0.345 e. The zero-order valence-electron chi connectivity index (χ0n) is 12.6. The van der Waals surface area contributed by atoms with Crippen molar-refractivity contribution in [3.63, 3.8) is 0 Å². The van der Waals surface area contributed by atoms with Gasteiger partial charge in [-0.25, -0.2) is 23.5 Å². The minimum absolute atomic E-state index is 0.0528. The van der Waals surface area contributed by atoms with E-state index in [-0.39, 0.29) is 35.7 Å². The van der Waals surface area contributed by atoms with Crippen molar-refractivity contribution < 1.29 is 4.74 Å². The third-order valence-electron chi connectivity index (χ3n) is 5.48. The number of nitrogens with zero attached hydrogens (tertiary/aromatic N) is 3. The Morgan fingerprint density at radius 1 is 0.792 bits per heavy atom. The number of hydrogen-bond donors (Lipinski definition) is 0. The highest BCUT2D eigenvalue weighted by Crippen LogP contribution is 2.64. The van der Waals surface area contributed by atoms with Crippen molar-refractivity contribution in [1.29, 1.82) is 0 Å². The number of hydrogen-bond acceptors (Lipinski definition) is 3. The van der Waals surface area contributed by atoms with Crippen LogP contribution in [0.4, 0.5) is 0 Å². The van der Waals surface area contributed by atoms with E-state index in [1.165, 1.54) is 14.8 Å². The lowest BCUT2D eigenvalue weighted by molar-refractivity contribution is -0.0556. The normalized spacial score (nSPS) is 28.2. The van der Waals surface area contributed by atoms with Gasteiger partial charge in [-0.15, -0.1) is 0 Å². The summed E-state index contributed by atoms with van der Waals surface area (Å²) in [5.41, 5.74) is 2.31. The Morgan fingerprint density at radius 3 is 2.25 bits per heavy atom. The zero-order chi connectivity index (χ0) is 16.0. The number of aromatic nitrogens is 3. The monoisotopic (exact) mass is 319 g/mol. The molecule has 6 nitrogen and oxygen atoms in total. The van der Waals surface area contributed by atoms with E-state index >= 15 is 0 Å². The maximum absolute atomic E-state index is 13.0. The van der Waals surface area contributed by atoms with Crippen LogP contribution in [0.1, 0.15) is 35.4 Å². The molecule has 3 heterocycles. The Kier molecular flexibility index (Phi) is 2.07. The first-order valence-corrected chi connectivity index (χ1v) is 8.03. The van der Waals surface area contributed by atoms with Gasteiger partial charge in [-0.1, -0.05) is 42.5 Å². The van der Waals surface area contributed by atoms with Crippen molar-refractivity contribution >= 4 is 0 Å². The van der Waals surface area contributed by atoms with E-state index in [9.17, 15) is 9.59 Å². The van der Waals surface area contributed by atoms with Gasteiger partial charge >= 0.3 is 11.4 Å². The van der Waals surface area contributed by atoms with Crippen molar-refractivity contribution in [3.05, 3.63) is 86.7 Å². The molecule has 24 heavy (non-hydrogen) atoms. The van der Waals surface area contributed by atoms with Crippen molar-refractivity contribution in [2.45, 2.75) is 24.3 Å². The van der Waals surface area contributed by atoms with Gasteiger partial charge in [0.1, 0.15) is 6.10 Å². The molecule has 1 fully saturated rings. The summed E-state index contributed by atoms with van der Waals surface area (Å²) in [5.74, 6) is 0.0528. The summed E-state index contributed by atoms with van der Waals surface area (Å²) in [6, 6.07) is 17.0. The van der Waals surface area contributed by atoms with Crippen LogP contribution < -0.4 is 11.4 Å². The quantitative estimate of drug-likeness (QED) is 0.686. The van der Waals surface area contributed by atoms with Gasteiger partial charge in [-0.05, 0) is 23.3 Å². The summed E-state index contributed by atoms with van der Waals surface area (Å²) in [4.78, 5) is 25.9. The molecule has 6 heteroatoms. The van der Waals surface area contributed by atoms with Crippen molar-refractivity contribution in [1.82, 2.24) is 13.9 Å². The Bertz CT molecular complexity index is 1110. The van der Waals surface area contributed by atoms with E-state index in [1.54, 1.807) is 16.8 Å². The minimum atomic E-state index is -0.389. The lowest BCUT2D eigenvalue weighted by Gasteiger charge is -2.26. The number of benzene rings is 2. The molecule has 1 aromatic heterocycles. The van der Waals surface area contributed by atoms with E-state index in [0.717, 1.165) is 5.56 Å². The third-order valence-corrected chi connectivity index (χ3v) is 5.48. The van der Waals surface area contributed by atoms with Gasteiger partial charge in [0.25, 0.3) is 0 Å². The van der Waals surface area contributed by atoms with Crippen LogP contribution in [0.5, 0.6) is 0 Å². The zero-order valence-corrected chi connectivity index (χ0v) is 12.6. The number of ether oxygens (including phenoxy) is 1. The van der Waals surface area contributed by atoms with Gasteiger partial charge < -0.3 is 4.74 Å². The largest absolute Gasteiger partial charge is 0.354 e. The van der Waals surface area contributed by atoms with Crippen molar-refractivity contribution in [2.75, 3.05) is 0 Å². The van der Waals surface area contributed by atoms with Crippen molar-refractivity contribution in [2.24, 2.45) is 0 Å². The van der Waals surface area contributed by atoms with Crippen molar-refractivity contribution in [3.8, 4) is 5.69 Å². The second kappa shape index (κ2) is 3.96. The van der Waals surface area contributed by atoms with E-state index < -0.39 is 0 Å². The van der Waals surface area contributed by atoms with Crippen LogP contribution >= 0.6 is 0 Å². The SMILES string of the molecule is O=c1n(-c2ccccc2)c(=O)n2n1[C@@H]1[C@H]3c4ccccc4[C@H]1O[C@H]32. The van der Waals surface area contributed by atoms with E-state index in [1.807, 2.05) is 30.3 Å². The highest BCUT2D eigenvalue weighted by molar-refractivity contribution is 5.44. The molecule has 1 aliphatic carbocycles. The average Bonchev–Trinajstić information content (AvgIpc) is 3.31. The van der Waals surface area contributed by atoms with E-state index in [2.05, 4.69) is 12.1 Å². The first kappa shape index (κ1) is 12.5. The second-order valence-electron chi connectivity index (χ2n) is 6.52.